The molecule has 0 saturated heterocycles. The Hall–Kier alpha value is -0.730. The molecule has 0 atom stereocenters. The van der Waals surface area contributed by atoms with Gasteiger partial charge in [-0.3, -0.25) is 4.99 Å². The van der Waals surface area contributed by atoms with Gasteiger partial charge in [-0.2, -0.15) is 0 Å². The summed E-state index contributed by atoms with van der Waals surface area (Å²) in [6, 6.07) is 5.60. The van der Waals surface area contributed by atoms with Crippen LogP contribution < -0.4 is 15.4 Å². The van der Waals surface area contributed by atoms with Crippen molar-refractivity contribution >= 4 is 41.5 Å². The molecular weight excluding hydrogens is 441 g/mol. The number of methoxy groups -OCH3 is 1. The summed E-state index contributed by atoms with van der Waals surface area (Å²) in [5.74, 6) is 2.10. The number of hydrogen-bond acceptors (Lipinski definition) is 3. The van der Waals surface area contributed by atoms with Crippen molar-refractivity contribution in [2.75, 3.05) is 33.9 Å². The van der Waals surface area contributed by atoms with E-state index in [-0.39, 0.29) is 24.0 Å². The molecule has 0 unspecified atom stereocenters. The summed E-state index contributed by atoms with van der Waals surface area (Å²) >= 11 is 5.97. The lowest BCUT2D eigenvalue weighted by molar-refractivity contribution is 0.108. The molecule has 1 aromatic rings. The lowest BCUT2D eigenvalue weighted by atomic mass is 10.2. The van der Waals surface area contributed by atoms with Crippen LogP contribution in [0, 0.1) is 5.92 Å². The normalized spacial score (nSPS) is 11.2. The Morgan fingerprint density at radius 1 is 1.29 bits per heavy atom. The van der Waals surface area contributed by atoms with E-state index in [1.54, 1.807) is 20.2 Å². The van der Waals surface area contributed by atoms with E-state index < -0.39 is 0 Å². The average Bonchev–Trinajstić information content (AvgIpc) is 2.54. The van der Waals surface area contributed by atoms with E-state index in [1.807, 2.05) is 12.1 Å². The molecule has 0 bridgehead atoms. The molecule has 0 radical (unpaired) electrons. The number of halogens is 2. The highest BCUT2D eigenvalue weighted by Crippen LogP contribution is 2.22. The van der Waals surface area contributed by atoms with Crippen molar-refractivity contribution < 1.29 is 9.47 Å². The van der Waals surface area contributed by atoms with Crippen LogP contribution in [0.4, 0.5) is 0 Å². The third-order valence-corrected chi connectivity index (χ3v) is 3.36. The topological polar surface area (TPSA) is 54.9 Å². The van der Waals surface area contributed by atoms with Crippen LogP contribution in [0.5, 0.6) is 5.75 Å². The molecule has 5 nitrogen and oxygen atoms in total. The van der Waals surface area contributed by atoms with Crippen molar-refractivity contribution in [3.8, 4) is 5.75 Å². The smallest absolute Gasteiger partial charge is 0.191 e. The number of benzene rings is 1. The molecule has 0 saturated carbocycles. The van der Waals surface area contributed by atoms with Crippen molar-refractivity contribution in [2.24, 2.45) is 10.9 Å². The summed E-state index contributed by atoms with van der Waals surface area (Å²) in [5.41, 5.74) is 1.03. The van der Waals surface area contributed by atoms with Crippen molar-refractivity contribution in [3.05, 3.63) is 28.8 Å². The summed E-state index contributed by atoms with van der Waals surface area (Å²) in [7, 11) is 3.39. The van der Waals surface area contributed by atoms with Gasteiger partial charge in [-0.05, 0) is 24.5 Å². The number of hydrogen-bond donors (Lipinski definition) is 2. The predicted octanol–water partition coefficient (Wildman–Crippen LogP) is 3.69. The lowest BCUT2D eigenvalue weighted by Crippen LogP contribution is -2.37. The third kappa shape index (κ3) is 9.54. The number of nitrogens with zero attached hydrogens (tertiary/aromatic N) is 1. The van der Waals surface area contributed by atoms with E-state index in [9.17, 15) is 0 Å². The van der Waals surface area contributed by atoms with Gasteiger partial charge in [-0.15, -0.1) is 24.0 Å². The van der Waals surface area contributed by atoms with Crippen molar-refractivity contribution in [2.45, 2.75) is 26.8 Å². The number of nitrogens with one attached hydrogen (secondary N) is 2. The lowest BCUT2D eigenvalue weighted by Gasteiger charge is -2.14. The maximum atomic E-state index is 5.97. The average molecular weight is 470 g/mol. The highest BCUT2D eigenvalue weighted by atomic mass is 127. The summed E-state index contributed by atoms with van der Waals surface area (Å²) in [6.45, 7) is 7.29. The van der Waals surface area contributed by atoms with E-state index in [2.05, 4.69) is 29.5 Å². The molecule has 0 spiro atoms. The Labute approximate surface area is 167 Å². The fourth-order valence-electron chi connectivity index (χ4n) is 1.96. The third-order valence-electron chi connectivity index (χ3n) is 3.13. The molecule has 7 heteroatoms. The van der Waals surface area contributed by atoms with Crippen molar-refractivity contribution in [3.63, 3.8) is 0 Å². The Kier molecular flexibility index (Phi) is 13.1. The zero-order valence-electron chi connectivity index (χ0n) is 14.9. The first-order valence-corrected chi connectivity index (χ1v) is 8.29. The van der Waals surface area contributed by atoms with Crippen LogP contribution in [0.25, 0.3) is 0 Å². The van der Waals surface area contributed by atoms with Gasteiger partial charge < -0.3 is 20.1 Å². The summed E-state index contributed by atoms with van der Waals surface area (Å²) < 4.78 is 10.9. The van der Waals surface area contributed by atoms with Gasteiger partial charge in [-0.1, -0.05) is 31.5 Å². The molecule has 2 N–H and O–H groups in total. The molecule has 1 aromatic carbocycles. The summed E-state index contributed by atoms with van der Waals surface area (Å²) in [5, 5.41) is 7.19. The molecule has 0 aliphatic rings. The first kappa shape index (κ1) is 23.3. The Bertz CT molecular complexity index is 499. The van der Waals surface area contributed by atoms with Crippen LogP contribution in [-0.4, -0.2) is 39.9 Å². The van der Waals surface area contributed by atoms with E-state index in [1.165, 1.54) is 0 Å². The first-order valence-electron chi connectivity index (χ1n) is 7.91. The fraction of sp³-hybridized carbons (Fsp3) is 0.588. The first-order chi connectivity index (χ1) is 11.1. The molecule has 0 fully saturated rings. The zero-order valence-corrected chi connectivity index (χ0v) is 18.0. The van der Waals surface area contributed by atoms with E-state index in [0.717, 1.165) is 43.5 Å². The minimum absolute atomic E-state index is 0. The highest BCUT2D eigenvalue weighted by Gasteiger charge is 2.05. The molecule has 138 valence electrons. The number of rotatable bonds is 9. The predicted molar refractivity (Wildman–Crippen MR) is 112 cm³/mol. The van der Waals surface area contributed by atoms with Crippen LogP contribution in [0.1, 0.15) is 25.8 Å². The van der Waals surface area contributed by atoms with Gasteiger partial charge in [0.15, 0.2) is 5.96 Å². The van der Waals surface area contributed by atoms with E-state index in [0.29, 0.717) is 17.5 Å². The Morgan fingerprint density at radius 2 is 2.04 bits per heavy atom. The van der Waals surface area contributed by atoms with Crippen molar-refractivity contribution in [1.82, 2.24) is 10.6 Å². The highest BCUT2D eigenvalue weighted by molar-refractivity contribution is 14.0. The maximum absolute atomic E-state index is 5.97. The van der Waals surface area contributed by atoms with Crippen LogP contribution in [-0.2, 0) is 11.3 Å². The molecule has 0 heterocycles. The van der Waals surface area contributed by atoms with Crippen LogP contribution in [0.15, 0.2) is 23.2 Å². The SMILES string of the molecule is CN=C(NCCCOCC(C)C)NCc1ccc(Cl)cc1OC.I. The number of guanidine groups is 1. The fourth-order valence-corrected chi connectivity index (χ4v) is 2.13. The van der Waals surface area contributed by atoms with Gasteiger partial charge >= 0.3 is 0 Å². The van der Waals surface area contributed by atoms with Crippen LogP contribution in [0.3, 0.4) is 0 Å². The van der Waals surface area contributed by atoms with Gasteiger partial charge in [-0.25, -0.2) is 0 Å². The monoisotopic (exact) mass is 469 g/mol. The standard InChI is InChI=1S/C17H28ClN3O2.HI/c1-13(2)12-23-9-5-8-20-17(19-3)21-11-14-6-7-15(18)10-16(14)22-4;/h6-7,10,13H,5,8-9,11-12H2,1-4H3,(H2,19,20,21);1H. The zero-order chi connectivity index (χ0) is 17.1. The summed E-state index contributed by atoms with van der Waals surface area (Å²) in [6.07, 6.45) is 0.942. The number of ether oxygens (including phenoxy) is 2. The van der Waals surface area contributed by atoms with Gasteiger partial charge in [0.25, 0.3) is 0 Å². The van der Waals surface area contributed by atoms with Crippen LogP contribution in [0.2, 0.25) is 5.02 Å². The molecule has 0 amide bonds. The Morgan fingerprint density at radius 3 is 2.67 bits per heavy atom. The van der Waals surface area contributed by atoms with Crippen molar-refractivity contribution in [1.29, 1.82) is 0 Å². The summed E-state index contributed by atoms with van der Waals surface area (Å²) in [4.78, 5) is 4.21. The molecule has 1 rings (SSSR count). The molecule has 0 aliphatic carbocycles. The maximum Gasteiger partial charge on any atom is 0.191 e. The Balaban J connectivity index is 0.00000529. The second kappa shape index (κ2) is 13.5. The van der Waals surface area contributed by atoms with E-state index in [4.69, 9.17) is 21.1 Å². The van der Waals surface area contributed by atoms with E-state index >= 15 is 0 Å². The molecular formula is C17H29ClIN3O2. The minimum atomic E-state index is 0. The quantitative estimate of drug-likeness (QED) is 0.251. The van der Waals surface area contributed by atoms with Gasteiger partial charge in [0.2, 0.25) is 0 Å². The molecule has 0 aliphatic heterocycles. The largest absolute Gasteiger partial charge is 0.496 e. The van der Waals surface area contributed by atoms with Gasteiger partial charge in [0, 0.05) is 43.9 Å². The second-order valence-corrected chi connectivity index (χ2v) is 6.07. The molecule has 24 heavy (non-hydrogen) atoms. The van der Waals surface area contributed by atoms with Crippen LogP contribution >= 0.6 is 35.6 Å². The minimum Gasteiger partial charge on any atom is -0.496 e. The number of aliphatic imine (C=N–C) groups is 1. The molecule has 0 aromatic heterocycles. The second-order valence-electron chi connectivity index (χ2n) is 5.63. The van der Waals surface area contributed by atoms with Gasteiger partial charge in [0.05, 0.1) is 7.11 Å². The van der Waals surface area contributed by atoms with Gasteiger partial charge in [0.1, 0.15) is 5.75 Å².